The Hall–Kier alpha value is -1.50. The first-order valence-electron chi connectivity index (χ1n) is 5.43. The van der Waals surface area contributed by atoms with Gasteiger partial charge in [0.1, 0.15) is 5.15 Å². The molecular weight excluding hydrogens is 303 g/mol. The van der Waals surface area contributed by atoms with Crippen molar-refractivity contribution in [3.8, 4) is 0 Å². The van der Waals surface area contributed by atoms with E-state index in [1.54, 1.807) is 19.9 Å². The third-order valence-electron chi connectivity index (χ3n) is 2.73. The van der Waals surface area contributed by atoms with E-state index in [0.29, 0.717) is 5.56 Å². The first-order chi connectivity index (χ1) is 9.04. The van der Waals surface area contributed by atoms with Crippen molar-refractivity contribution in [2.45, 2.75) is 25.9 Å². The predicted molar refractivity (Wildman–Crippen MR) is 64.0 cm³/mol. The summed E-state index contributed by atoms with van der Waals surface area (Å²) in [5.74, 6) is -6.79. The minimum atomic E-state index is -5.78. The van der Waals surface area contributed by atoms with Crippen LogP contribution in [-0.4, -0.2) is 16.1 Å². The van der Waals surface area contributed by atoms with Gasteiger partial charge in [0.05, 0.1) is 5.52 Å². The van der Waals surface area contributed by atoms with Crippen molar-refractivity contribution in [2.75, 3.05) is 0 Å². The van der Waals surface area contributed by atoms with Crippen LogP contribution in [-0.2, 0) is 5.92 Å². The highest BCUT2D eigenvalue weighted by molar-refractivity contribution is 6.34. The summed E-state index contributed by atoms with van der Waals surface area (Å²) < 4.78 is 63.6. The fourth-order valence-corrected chi connectivity index (χ4v) is 2.04. The molecular formula is C12H8ClF5N2. The van der Waals surface area contributed by atoms with E-state index in [4.69, 9.17) is 11.6 Å². The van der Waals surface area contributed by atoms with Crippen LogP contribution in [0.2, 0.25) is 5.15 Å². The first-order valence-corrected chi connectivity index (χ1v) is 5.81. The molecule has 1 aromatic heterocycles. The molecule has 20 heavy (non-hydrogen) atoms. The zero-order valence-electron chi connectivity index (χ0n) is 10.3. The van der Waals surface area contributed by atoms with Gasteiger partial charge in [0.25, 0.3) is 0 Å². The molecule has 0 N–H and O–H groups in total. The molecule has 0 spiro atoms. The van der Waals surface area contributed by atoms with Gasteiger partial charge < -0.3 is 0 Å². The summed E-state index contributed by atoms with van der Waals surface area (Å²) in [4.78, 5) is 6.46. The number of aryl methyl sites for hydroxylation is 2. The molecule has 0 fully saturated rings. The van der Waals surface area contributed by atoms with Crippen LogP contribution >= 0.6 is 11.6 Å². The number of halogens is 6. The lowest BCUT2D eigenvalue weighted by Crippen LogP contribution is -2.35. The smallest absolute Gasteiger partial charge is 0.226 e. The number of alkyl halides is 5. The molecule has 1 heterocycles. The maximum atomic E-state index is 13.3. The summed E-state index contributed by atoms with van der Waals surface area (Å²) >= 11 is 5.71. The van der Waals surface area contributed by atoms with Crippen molar-refractivity contribution in [1.29, 1.82) is 0 Å². The van der Waals surface area contributed by atoms with Crippen LogP contribution in [0.15, 0.2) is 12.1 Å². The van der Waals surface area contributed by atoms with E-state index in [1.165, 1.54) is 6.07 Å². The summed E-state index contributed by atoms with van der Waals surface area (Å²) in [6, 6.07) is 3.14. The topological polar surface area (TPSA) is 25.8 Å². The van der Waals surface area contributed by atoms with Gasteiger partial charge in [-0.1, -0.05) is 23.2 Å². The number of hydrogen-bond acceptors (Lipinski definition) is 2. The van der Waals surface area contributed by atoms with Gasteiger partial charge in [-0.2, -0.15) is 22.0 Å². The van der Waals surface area contributed by atoms with Crippen LogP contribution in [0, 0.1) is 13.8 Å². The lowest BCUT2D eigenvalue weighted by Gasteiger charge is -2.19. The van der Waals surface area contributed by atoms with E-state index in [9.17, 15) is 22.0 Å². The van der Waals surface area contributed by atoms with E-state index >= 15 is 0 Å². The average Bonchev–Trinajstić information content (AvgIpc) is 2.28. The van der Waals surface area contributed by atoms with Gasteiger partial charge in [-0.3, -0.25) is 0 Å². The third-order valence-corrected chi connectivity index (χ3v) is 3.01. The van der Waals surface area contributed by atoms with Crippen LogP contribution in [0.1, 0.15) is 17.0 Å². The summed E-state index contributed by atoms with van der Waals surface area (Å²) in [7, 11) is 0. The van der Waals surface area contributed by atoms with Crippen molar-refractivity contribution < 1.29 is 22.0 Å². The zero-order valence-corrected chi connectivity index (χ0v) is 11.1. The Balaban J connectivity index is 2.77. The largest absolute Gasteiger partial charge is 0.461 e. The van der Waals surface area contributed by atoms with E-state index in [2.05, 4.69) is 9.97 Å². The minimum absolute atomic E-state index is 0.0190. The van der Waals surface area contributed by atoms with Gasteiger partial charge in [0.15, 0.2) is 0 Å². The monoisotopic (exact) mass is 310 g/mol. The van der Waals surface area contributed by atoms with E-state index in [-0.39, 0.29) is 10.9 Å². The fraction of sp³-hybridized carbons (Fsp3) is 0.333. The van der Waals surface area contributed by atoms with Crippen LogP contribution in [0.5, 0.6) is 0 Å². The highest BCUT2D eigenvalue weighted by Crippen LogP contribution is 2.43. The van der Waals surface area contributed by atoms with Gasteiger partial charge >= 0.3 is 12.1 Å². The molecule has 0 aliphatic carbocycles. The average molecular weight is 311 g/mol. The molecule has 2 rings (SSSR count). The molecule has 0 aliphatic rings. The molecule has 2 nitrogen and oxygen atoms in total. The summed E-state index contributed by atoms with van der Waals surface area (Å²) in [5, 5.41) is -0.188. The number of aromatic nitrogens is 2. The number of rotatable bonds is 1. The second kappa shape index (κ2) is 4.51. The maximum absolute atomic E-state index is 13.3. The molecule has 108 valence electrons. The van der Waals surface area contributed by atoms with Crippen molar-refractivity contribution in [2.24, 2.45) is 0 Å². The van der Waals surface area contributed by atoms with Gasteiger partial charge in [-0.25, -0.2) is 9.97 Å². The van der Waals surface area contributed by atoms with Gasteiger partial charge in [-0.15, -0.1) is 0 Å². The number of nitrogens with zero attached hydrogens (tertiary/aromatic N) is 2. The van der Waals surface area contributed by atoms with Crippen LogP contribution in [0.3, 0.4) is 0 Å². The second-order valence-electron chi connectivity index (χ2n) is 4.39. The quantitative estimate of drug-likeness (QED) is 0.570. The van der Waals surface area contributed by atoms with Crippen LogP contribution < -0.4 is 0 Å². The molecule has 0 unspecified atom stereocenters. The highest BCUT2D eigenvalue weighted by atomic mass is 35.5. The van der Waals surface area contributed by atoms with Crippen LogP contribution in [0.4, 0.5) is 22.0 Å². The Morgan fingerprint density at radius 1 is 1.00 bits per heavy atom. The lowest BCUT2D eigenvalue weighted by molar-refractivity contribution is -0.292. The molecule has 8 heteroatoms. The Morgan fingerprint density at radius 2 is 1.60 bits per heavy atom. The SMILES string of the molecule is Cc1cc(C)c2nc(C(F)(F)C(F)(F)F)nc(Cl)c2c1. The van der Waals surface area contributed by atoms with E-state index < -0.39 is 23.1 Å². The van der Waals surface area contributed by atoms with Crippen LogP contribution in [0.25, 0.3) is 10.9 Å². The molecule has 0 radical (unpaired) electrons. The standard InChI is InChI=1S/C12H8ClF5N2/c1-5-3-6(2)8-7(4-5)9(13)20-10(19-8)11(14,15)12(16,17)18/h3-4H,1-2H3. The fourth-order valence-electron chi connectivity index (χ4n) is 1.82. The van der Waals surface area contributed by atoms with Crippen molar-refractivity contribution >= 4 is 22.5 Å². The Bertz CT molecular complexity index is 682. The molecule has 0 atom stereocenters. The predicted octanol–water partition coefficient (Wildman–Crippen LogP) is 4.55. The molecule has 1 aromatic carbocycles. The Morgan fingerprint density at radius 3 is 2.15 bits per heavy atom. The normalized spacial score (nSPS) is 13.0. The highest BCUT2D eigenvalue weighted by Gasteiger charge is 2.61. The molecule has 0 aliphatic heterocycles. The van der Waals surface area contributed by atoms with Crippen molar-refractivity contribution in [3.63, 3.8) is 0 Å². The molecule has 0 bridgehead atoms. The maximum Gasteiger partial charge on any atom is 0.461 e. The first kappa shape index (κ1) is 14.9. The minimum Gasteiger partial charge on any atom is -0.226 e. The van der Waals surface area contributed by atoms with Crippen molar-refractivity contribution in [1.82, 2.24) is 9.97 Å². The summed E-state index contributed by atoms with van der Waals surface area (Å²) in [6.45, 7) is 3.29. The Kier molecular flexibility index (Phi) is 3.36. The molecule has 2 aromatic rings. The third kappa shape index (κ3) is 2.30. The van der Waals surface area contributed by atoms with Gasteiger partial charge in [0, 0.05) is 5.39 Å². The molecule has 0 saturated heterocycles. The Labute approximate surface area is 115 Å². The molecule has 0 amide bonds. The molecule has 0 saturated carbocycles. The van der Waals surface area contributed by atoms with Gasteiger partial charge in [-0.05, 0) is 25.5 Å². The van der Waals surface area contributed by atoms with Gasteiger partial charge in [0.2, 0.25) is 5.82 Å². The lowest BCUT2D eigenvalue weighted by atomic mass is 10.1. The van der Waals surface area contributed by atoms with E-state index in [1.807, 2.05) is 0 Å². The summed E-state index contributed by atoms with van der Waals surface area (Å²) in [5.41, 5.74) is 1.20. The number of benzene rings is 1. The van der Waals surface area contributed by atoms with Crippen molar-refractivity contribution in [3.05, 3.63) is 34.2 Å². The summed E-state index contributed by atoms with van der Waals surface area (Å²) in [6.07, 6.45) is -5.78. The zero-order chi connectivity index (χ0) is 15.3. The second-order valence-corrected chi connectivity index (χ2v) is 4.75. The van der Waals surface area contributed by atoms with E-state index in [0.717, 1.165) is 5.56 Å². The number of hydrogen-bond donors (Lipinski definition) is 0. The number of fused-ring (bicyclic) bond motifs is 1.